The SMILES string of the molecule is CCCOc1cccc(P(c2cccc(OCCC)c2OCCC)c2cccc(OCCC)c2OCCC)c1OCCC. The van der Waals surface area contributed by atoms with E-state index >= 15 is 0 Å². The first kappa shape index (κ1) is 34.4. The molecule has 0 heterocycles. The van der Waals surface area contributed by atoms with Gasteiger partial charge in [0.15, 0.2) is 34.5 Å². The molecule has 0 unspecified atom stereocenters. The van der Waals surface area contributed by atoms with Gasteiger partial charge in [-0.15, -0.1) is 0 Å². The van der Waals surface area contributed by atoms with Gasteiger partial charge in [0.1, 0.15) is 0 Å². The van der Waals surface area contributed by atoms with Gasteiger partial charge in [0.05, 0.1) is 39.6 Å². The lowest BCUT2D eigenvalue weighted by molar-refractivity contribution is 0.269. The molecule has 0 N–H and O–H groups in total. The van der Waals surface area contributed by atoms with Crippen molar-refractivity contribution in [3.8, 4) is 34.5 Å². The average molecular weight is 611 g/mol. The minimum atomic E-state index is -1.27. The zero-order chi connectivity index (χ0) is 30.9. The van der Waals surface area contributed by atoms with Crippen LogP contribution in [0.15, 0.2) is 54.6 Å². The molecule has 0 aliphatic heterocycles. The zero-order valence-electron chi connectivity index (χ0n) is 27.1. The van der Waals surface area contributed by atoms with Crippen LogP contribution in [0.5, 0.6) is 34.5 Å². The molecule has 0 saturated heterocycles. The first-order chi connectivity index (χ1) is 21.1. The van der Waals surface area contributed by atoms with Gasteiger partial charge in [-0.25, -0.2) is 0 Å². The third-order valence-electron chi connectivity index (χ3n) is 6.33. The molecule has 3 rings (SSSR count). The highest BCUT2D eigenvalue weighted by Crippen LogP contribution is 2.48. The number of ether oxygens (including phenoxy) is 6. The molecule has 6 nitrogen and oxygen atoms in total. The third kappa shape index (κ3) is 9.44. The second-order valence-electron chi connectivity index (χ2n) is 10.2. The fourth-order valence-corrected chi connectivity index (χ4v) is 7.07. The molecule has 0 aliphatic rings. The summed E-state index contributed by atoms with van der Waals surface area (Å²) in [5.41, 5.74) is 0. The molecule has 0 aliphatic carbocycles. The maximum absolute atomic E-state index is 6.52. The van der Waals surface area contributed by atoms with Crippen LogP contribution in [-0.2, 0) is 0 Å². The Hall–Kier alpha value is -3.11. The van der Waals surface area contributed by atoms with Crippen molar-refractivity contribution < 1.29 is 28.4 Å². The van der Waals surface area contributed by atoms with Gasteiger partial charge in [-0.05, 0) is 82.8 Å². The van der Waals surface area contributed by atoms with E-state index in [1.54, 1.807) is 0 Å². The molecule has 0 radical (unpaired) electrons. The van der Waals surface area contributed by atoms with Crippen molar-refractivity contribution >= 4 is 23.8 Å². The van der Waals surface area contributed by atoms with Gasteiger partial charge in [0, 0.05) is 15.9 Å². The van der Waals surface area contributed by atoms with Gasteiger partial charge < -0.3 is 28.4 Å². The van der Waals surface area contributed by atoms with E-state index in [2.05, 4.69) is 77.9 Å². The molecular weight excluding hydrogens is 559 g/mol. The van der Waals surface area contributed by atoms with Crippen LogP contribution in [0.3, 0.4) is 0 Å². The number of hydrogen-bond acceptors (Lipinski definition) is 6. The summed E-state index contributed by atoms with van der Waals surface area (Å²) < 4.78 is 38.3. The Morgan fingerprint density at radius 3 is 0.884 bits per heavy atom. The quantitative estimate of drug-likeness (QED) is 0.113. The van der Waals surface area contributed by atoms with Crippen LogP contribution in [0.25, 0.3) is 0 Å². The number of para-hydroxylation sites is 3. The lowest BCUT2D eigenvalue weighted by Gasteiger charge is -2.28. The Morgan fingerprint density at radius 1 is 0.372 bits per heavy atom. The standard InChI is InChI=1S/C36H51O6P/c1-7-22-37-28-16-13-19-31(34(28)40-25-10-4)43(32-20-14-17-29(38-23-8-2)35(32)41-26-11-5)33-21-15-18-30(39-24-9-3)36(33)42-27-12-6/h13-21H,7-12,22-27H2,1-6H3. The summed E-state index contributed by atoms with van der Waals surface area (Å²) in [6, 6.07) is 18.6. The Morgan fingerprint density at radius 2 is 0.628 bits per heavy atom. The van der Waals surface area contributed by atoms with Crippen molar-refractivity contribution in [1.29, 1.82) is 0 Å². The largest absolute Gasteiger partial charge is 0.490 e. The molecule has 236 valence electrons. The van der Waals surface area contributed by atoms with Crippen molar-refractivity contribution in [2.45, 2.75) is 80.1 Å². The summed E-state index contributed by atoms with van der Waals surface area (Å²) in [5.74, 6) is 4.57. The molecule has 43 heavy (non-hydrogen) atoms. The first-order valence-electron chi connectivity index (χ1n) is 16.1. The van der Waals surface area contributed by atoms with Crippen molar-refractivity contribution in [2.75, 3.05) is 39.6 Å². The zero-order valence-corrected chi connectivity index (χ0v) is 28.0. The molecule has 0 bridgehead atoms. The van der Waals surface area contributed by atoms with E-state index in [0.29, 0.717) is 39.6 Å². The van der Waals surface area contributed by atoms with E-state index in [9.17, 15) is 0 Å². The van der Waals surface area contributed by atoms with Crippen molar-refractivity contribution in [1.82, 2.24) is 0 Å². The highest BCUT2D eigenvalue weighted by Gasteiger charge is 2.31. The summed E-state index contributed by atoms with van der Waals surface area (Å²) in [4.78, 5) is 0. The molecular formula is C36H51O6P. The maximum Gasteiger partial charge on any atom is 0.169 e. The van der Waals surface area contributed by atoms with E-state index in [1.807, 2.05) is 18.2 Å². The molecule has 0 atom stereocenters. The van der Waals surface area contributed by atoms with E-state index in [4.69, 9.17) is 28.4 Å². The Labute approximate surface area is 260 Å². The topological polar surface area (TPSA) is 55.4 Å². The van der Waals surface area contributed by atoms with Crippen LogP contribution in [-0.4, -0.2) is 39.6 Å². The highest BCUT2D eigenvalue weighted by molar-refractivity contribution is 7.80. The predicted octanol–water partition coefficient (Wildman–Crippen LogP) is 8.18. The summed E-state index contributed by atoms with van der Waals surface area (Å²) >= 11 is 0. The lowest BCUT2D eigenvalue weighted by atomic mass is 10.3. The predicted molar refractivity (Wildman–Crippen MR) is 180 cm³/mol. The maximum atomic E-state index is 6.52. The summed E-state index contributed by atoms with van der Waals surface area (Å²) in [5, 5.41) is 3.13. The molecule has 0 spiro atoms. The van der Waals surface area contributed by atoms with E-state index in [1.165, 1.54) is 0 Å². The molecule has 0 saturated carbocycles. The van der Waals surface area contributed by atoms with E-state index < -0.39 is 7.92 Å². The number of rotatable bonds is 21. The Balaban J connectivity index is 2.40. The summed E-state index contributed by atoms with van der Waals surface area (Å²) in [6.07, 6.45) is 5.37. The summed E-state index contributed by atoms with van der Waals surface area (Å²) in [6.45, 7) is 16.3. The highest BCUT2D eigenvalue weighted by atomic mass is 31.1. The van der Waals surface area contributed by atoms with Crippen LogP contribution in [0.4, 0.5) is 0 Å². The molecule has 0 aromatic heterocycles. The molecule has 3 aromatic rings. The van der Waals surface area contributed by atoms with Crippen LogP contribution >= 0.6 is 7.92 Å². The molecule has 0 amide bonds. The van der Waals surface area contributed by atoms with Gasteiger partial charge in [0.2, 0.25) is 0 Å². The summed E-state index contributed by atoms with van der Waals surface area (Å²) in [7, 11) is -1.27. The Kier molecular flexibility index (Phi) is 15.4. The fraction of sp³-hybridized carbons (Fsp3) is 0.500. The van der Waals surface area contributed by atoms with Gasteiger partial charge in [-0.3, -0.25) is 0 Å². The lowest BCUT2D eigenvalue weighted by Crippen LogP contribution is -2.26. The monoisotopic (exact) mass is 610 g/mol. The van der Waals surface area contributed by atoms with Gasteiger partial charge in [0.25, 0.3) is 0 Å². The minimum Gasteiger partial charge on any atom is -0.490 e. The number of hydrogen-bond donors (Lipinski definition) is 0. The van der Waals surface area contributed by atoms with E-state index in [0.717, 1.165) is 88.9 Å². The minimum absolute atomic E-state index is 0.584. The second-order valence-corrected chi connectivity index (χ2v) is 12.4. The fourth-order valence-electron chi connectivity index (χ4n) is 4.45. The smallest absolute Gasteiger partial charge is 0.169 e. The number of benzene rings is 3. The van der Waals surface area contributed by atoms with Crippen molar-refractivity contribution in [2.24, 2.45) is 0 Å². The van der Waals surface area contributed by atoms with Crippen molar-refractivity contribution in [3.63, 3.8) is 0 Å². The average Bonchev–Trinajstić information content (AvgIpc) is 3.03. The van der Waals surface area contributed by atoms with Crippen LogP contribution in [0, 0.1) is 0 Å². The first-order valence-corrected chi connectivity index (χ1v) is 17.4. The molecule has 3 aromatic carbocycles. The third-order valence-corrected chi connectivity index (χ3v) is 8.84. The normalized spacial score (nSPS) is 11.0. The van der Waals surface area contributed by atoms with Gasteiger partial charge in [-0.1, -0.05) is 59.7 Å². The molecule has 0 fully saturated rings. The van der Waals surface area contributed by atoms with Gasteiger partial charge in [-0.2, -0.15) is 0 Å². The van der Waals surface area contributed by atoms with Crippen LogP contribution in [0.2, 0.25) is 0 Å². The molecule has 7 heteroatoms. The van der Waals surface area contributed by atoms with Crippen molar-refractivity contribution in [3.05, 3.63) is 54.6 Å². The van der Waals surface area contributed by atoms with E-state index in [-0.39, 0.29) is 0 Å². The second kappa shape index (κ2) is 19.2. The Bertz CT molecular complexity index is 1080. The van der Waals surface area contributed by atoms with Crippen LogP contribution < -0.4 is 44.3 Å². The van der Waals surface area contributed by atoms with Gasteiger partial charge >= 0.3 is 0 Å². The van der Waals surface area contributed by atoms with Crippen LogP contribution in [0.1, 0.15) is 80.1 Å².